The molecule has 0 aromatic carbocycles. The van der Waals surface area contributed by atoms with Crippen molar-refractivity contribution in [1.82, 2.24) is 0 Å². The van der Waals surface area contributed by atoms with E-state index < -0.39 is 0 Å². The highest BCUT2D eigenvalue weighted by Crippen LogP contribution is 1.92. The SMILES string of the molecule is C=NC(=C)/C=C\C=C/C(C)=N. The van der Waals surface area contributed by atoms with Gasteiger partial charge in [0.25, 0.3) is 0 Å². The molecule has 0 saturated carbocycles. The van der Waals surface area contributed by atoms with Gasteiger partial charge in [0, 0.05) is 5.71 Å². The van der Waals surface area contributed by atoms with Crippen molar-refractivity contribution in [3.63, 3.8) is 0 Å². The van der Waals surface area contributed by atoms with Crippen LogP contribution < -0.4 is 0 Å². The van der Waals surface area contributed by atoms with Crippen molar-refractivity contribution in [3.05, 3.63) is 36.6 Å². The number of hydrogen-bond acceptors (Lipinski definition) is 2. The highest BCUT2D eigenvalue weighted by molar-refractivity contribution is 5.90. The smallest absolute Gasteiger partial charge is 0.0550 e. The molecule has 11 heavy (non-hydrogen) atoms. The van der Waals surface area contributed by atoms with E-state index in [4.69, 9.17) is 5.41 Å². The summed E-state index contributed by atoms with van der Waals surface area (Å²) in [7, 11) is 0. The topological polar surface area (TPSA) is 36.2 Å². The molecule has 0 saturated heterocycles. The van der Waals surface area contributed by atoms with Gasteiger partial charge in [0.05, 0.1) is 5.70 Å². The van der Waals surface area contributed by atoms with E-state index in [2.05, 4.69) is 18.3 Å². The third kappa shape index (κ3) is 6.45. The average Bonchev–Trinajstić information content (AvgIpc) is 1.97. The minimum Gasteiger partial charge on any atom is -0.306 e. The summed E-state index contributed by atoms with van der Waals surface area (Å²) in [6, 6.07) is 0. The largest absolute Gasteiger partial charge is 0.306 e. The lowest BCUT2D eigenvalue weighted by atomic mass is 10.3. The van der Waals surface area contributed by atoms with E-state index in [0.29, 0.717) is 11.4 Å². The van der Waals surface area contributed by atoms with Crippen LogP contribution in [0.5, 0.6) is 0 Å². The number of aliphatic imine (C=N–C) groups is 1. The fourth-order valence-electron chi connectivity index (χ4n) is 0.419. The molecule has 0 aliphatic heterocycles. The van der Waals surface area contributed by atoms with Gasteiger partial charge in [-0.05, 0) is 25.8 Å². The van der Waals surface area contributed by atoms with E-state index >= 15 is 0 Å². The van der Waals surface area contributed by atoms with Crippen LogP contribution in [-0.2, 0) is 0 Å². The zero-order valence-electron chi connectivity index (χ0n) is 6.67. The van der Waals surface area contributed by atoms with Crippen LogP contribution >= 0.6 is 0 Å². The Hall–Kier alpha value is -1.44. The van der Waals surface area contributed by atoms with Crippen molar-refractivity contribution in [2.45, 2.75) is 6.92 Å². The van der Waals surface area contributed by atoms with Crippen molar-refractivity contribution >= 4 is 12.4 Å². The number of nitrogens with zero attached hydrogens (tertiary/aromatic N) is 1. The van der Waals surface area contributed by atoms with E-state index in [0.717, 1.165) is 0 Å². The molecule has 0 unspecified atom stereocenters. The van der Waals surface area contributed by atoms with E-state index in [1.807, 2.05) is 0 Å². The fourth-order valence-corrected chi connectivity index (χ4v) is 0.419. The van der Waals surface area contributed by atoms with E-state index in [1.54, 1.807) is 31.2 Å². The number of rotatable bonds is 4. The minimum atomic E-state index is 0.520. The maximum atomic E-state index is 7.05. The second-order valence-corrected chi connectivity index (χ2v) is 2.05. The Bertz CT molecular complexity index is 222. The molecule has 2 nitrogen and oxygen atoms in total. The second kappa shape index (κ2) is 5.35. The maximum absolute atomic E-state index is 7.05. The number of allylic oxidation sites excluding steroid dienone is 4. The summed E-state index contributed by atoms with van der Waals surface area (Å²) in [4.78, 5) is 3.59. The van der Waals surface area contributed by atoms with Crippen LogP contribution in [0.25, 0.3) is 0 Å². The molecule has 0 aromatic heterocycles. The van der Waals surface area contributed by atoms with Gasteiger partial charge in [0.1, 0.15) is 0 Å². The van der Waals surface area contributed by atoms with Gasteiger partial charge >= 0.3 is 0 Å². The summed E-state index contributed by atoms with van der Waals surface area (Å²) in [5, 5.41) is 7.05. The van der Waals surface area contributed by atoms with Crippen LogP contribution in [0.3, 0.4) is 0 Å². The van der Waals surface area contributed by atoms with E-state index in [9.17, 15) is 0 Å². The Morgan fingerprint density at radius 2 is 1.91 bits per heavy atom. The first kappa shape index (κ1) is 9.56. The number of hydrogen-bond donors (Lipinski definition) is 1. The van der Waals surface area contributed by atoms with Gasteiger partial charge in [-0.15, -0.1) is 0 Å². The monoisotopic (exact) mass is 148 g/mol. The quantitative estimate of drug-likeness (QED) is 0.469. The fraction of sp³-hybridized carbons (Fsp3) is 0.111. The van der Waals surface area contributed by atoms with Crippen molar-refractivity contribution < 1.29 is 0 Å². The van der Waals surface area contributed by atoms with Crippen LogP contribution in [0.4, 0.5) is 0 Å². The zero-order valence-corrected chi connectivity index (χ0v) is 6.67. The summed E-state index contributed by atoms with van der Waals surface area (Å²) >= 11 is 0. The van der Waals surface area contributed by atoms with Gasteiger partial charge in [0.2, 0.25) is 0 Å². The molecule has 0 bridgehead atoms. The van der Waals surface area contributed by atoms with Crippen molar-refractivity contribution in [2.75, 3.05) is 0 Å². The third-order valence-electron chi connectivity index (χ3n) is 0.949. The molecule has 0 aromatic rings. The lowest BCUT2D eigenvalue weighted by Gasteiger charge is -1.83. The first-order valence-corrected chi connectivity index (χ1v) is 3.22. The Labute approximate surface area is 67.2 Å². The van der Waals surface area contributed by atoms with Crippen molar-refractivity contribution in [1.29, 1.82) is 5.41 Å². The van der Waals surface area contributed by atoms with Gasteiger partial charge in [-0.2, -0.15) is 0 Å². The molecular formula is C9H12N2. The Kier molecular flexibility index (Phi) is 4.65. The Balaban J connectivity index is 3.86. The summed E-state index contributed by atoms with van der Waals surface area (Å²) in [5.74, 6) is 0. The molecule has 0 rings (SSSR count). The van der Waals surface area contributed by atoms with Gasteiger partial charge < -0.3 is 5.41 Å². The normalized spacial score (nSPS) is 10.6. The molecule has 0 heterocycles. The molecule has 1 N–H and O–H groups in total. The summed E-state index contributed by atoms with van der Waals surface area (Å²) in [5.41, 5.74) is 1.14. The highest BCUT2D eigenvalue weighted by atomic mass is 14.7. The lowest BCUT2D eigenvalue weighted by molar-refractivity contribution is 1.46. The minimum absolute atomic E-state index is 0.520. The predicted octanol–water partition coefficient (Wildman–Crippen LogP) is 2.35. The molecule has 2 heteroatoms. The summed E-state index contributed by atoms with van der Waals surface area (Å²) in [6.07, 6.45) is 6.95. The van der Waals surface area contributed by atoms with Crippen LogP contribution in [0.15, 0.2) is 41.6 Å². The van der Waals surface area contributed by atoms with E-state index in [-0.39, 0.29) is 0 Å². The van der Waals surface area contributed by atoms with Crippen molar-refractivity contribution in [3.8, 4) is 0 Å². The summed E-state index contributed by atoms with van der Waals surface area (Å²) in [6.45, 7) is 8.61. The predicted molar refractivity (Wildman–Crippen MR) is 50.4 cm³/mol. The van der Waals surface area contributed by atoms with Gasteiger partial charge in [-0.3, -0.25) is 4.99 Å². The molecular weight excluding hydrogens is 136 g/mol. The molecule has 0 amide bonds. The molecule has 0 aliphatic rings. The van der Waals surface area contributed by atoms with Crippen molar-refractivity contribution in [2.24, 2.45) is 4.99 Å². The lowest BCUT2D eigenvalue weighted by Crippen LogP contribution is -1.75. The standard InChI is InChI=1S/C9H12N2/c1-8(10)6-4-5-7-9(2)11-3/h4-7,10H,2-3H2,1H3/b6-4-,7-5-,10-8?. The average molecular weight is 148 g/mol. The van der Waals surface area contributed by atoms with Crippen LogP contribution in [-0.4, -0.2) is 12.4 Å². The second-order valence-electron chi connectivity index (χ2n) is 2.05. The molecule has 58 valence electrons. The molecule has 0 fully saturated rings. The molecule has 0 atom stereocenters. The summed E-state index contributed by atoms with van der Waals surface area (Å²) < 4.78 is 0. The van der Waals surface area contributed by atoms with E-state index in [1.165, 1.54) is 0 Å². The molecule has 0 radical (unpaired) electrons. The van der Waals surface area contributed by atoms with Gasteiger partial charge in [0.15, 0.2) is 0 Å². The first-order chi connectivity index (χ1) is 5.16. The Morgan fingerprint density at radius 3 is 2.36 bits per heavy atom. The molecule has 0 spiro atoms. The zero-order chi connectivity index (χ0) is 8.69. The van der Waals surface area contributed by atoms with Gasteiger partial charge in [-0.1, -0.05) is 18.7 Å². The van der Waals surface area contributed by atoms with Gasteiger partial charge in [-0.25, -0.2) is 0 Å². The third-order valence-corrected chi connectivity index (χ3v) is 0.949. The van der Waals surface area contributed by atoms with Crippen LogP contribution in [0, 0.1) is 5.41 Å². The first-order valence-electron chi connectivity index (χ1n) is 3.22. The molecule has 0 aliphatic carbocycles. The van der Waals surface area contributed by atoms with Crippen LogP contribution in [0.1, 0.15) is 6.92 Å². The van der Waals surface area contributed by atoms with Crippen LogP contribution in [0.2, 0.25) is 0 Å². The Morgan fingerprint density at radius 1 is 1.36 bits per heavy atom. The maximum Gasteiger partial charge on any atom is 0.0550 e. The number of nitrogens with one attached hydrogen (secondary N) is 1. The highest BCUT2D eigenvalue weighted by Gasteiger charge is 1.75.